The number of pyridine rings is 1. The minimum absolute atomic E-state index is 0.0197. The fourth-order valence-corrected chi connectivity index (χ4v) is 5.49. The van der Waals surface area contributed by atoms with E-state index in [1.165, 1.54) is 6.42 Å². The van der Waals surface area contributed by atoms with Crippen LogP contribution in [-0.4, -0.2) is 22.1 Å². The van der Waals surface area contributed by atoms with Gasteiger partial charge in [0.1, 0.15) is 5.52 Å². The van der Waals surface area contributed by atoms with Crippen LogP contribution in [0.4, 0.5) is 5.69 Å². The predicted octanol–water partition coefficient (Wildman–Crippen LogP) is 6.24. The Morgan fingerprint density at radius 1 is 1.09 bits per heavy atom. The second-order valence-electron chi connectivity index (χ2n) is 9.14. The highest BCUT2D eigenvalue weighted by molar-refractivity contribution is 6.31. The molecular formula is C27H28ClN3O2. The lowest BCUT2D eigenvalue weighted by Crippen LogP contribution is -2.32. The van der Waals surface area contributed by atoms with Gasteiger partial charge in [-0.3, -0.25) is 9.59 Å². The van der Waals surface area contributed by atoms with Crippen LogP contribution < -0.4 is 10.5 Å². The van der Waals surface area contributed by atoms with Gasteiger partial charge < -0.3 is 14.0 Å². The van der Waals surface area contributed by atoms with Gasteiger partial charge in [0.25, 0.3) is 11.5 Å². The molecule has 1 saturated carbocycles. The number of amides is 1. The average molecular weight is 462 g/mol. The maximum absolute atomic E-state index is 14.0. The molecule has 1 aliphatic rings. The maximum atomic E-state index is 14.0. The van der Waals surface area contributed by atoms with Crippen molar-refractivity contribution < 1.29 is 4.79 Å². The molecule has 0 aliphatic heterocycles. The molecule has 4 aromatic rings. The predicted molar refractivity (Wildman–Crippen MR) is 136 cm³/mol. The molecule has 33 heavy (non-hydrogen) atoms. The Morgan fingerprint density at radius 2 is 1.82 bits per heavy atom. The Hall–Kier alpha value is -3.05. The normalized spacial score (nSPS) is 14.8. The van der Waals surface area contributed by atoms with E-state index in [1.807, 2.05) is 71.8 Å². The van der Waals surface area contributed by atoms with Crippen molar-refractivity contribution in [2.45, 2.75) is 45.1 Å². The number of para-hydroxylation sites is 1. The van der Waals surface area contributed by atoms with Crippen molar-refractivity contribution >= 4 is 45.0 Å². The van der Waals surface area contributed by atoms with Gasteiger partial charge in [0.2, 0.25) is 0 Å². The molecule has 2 aromatic heterocycles. The molecule has 1 aliphatic carbocycles. The summed E-state index contributed by atoms with van der Waals surface area (Å²) in [6.07, 6.45) is 7.15. The first-order chi connectivity index (χ1) is 15.9. The zero-order chi connectivity index (χ0) is 23.3. The first-order valence-corrected chi connectivity index (χ1v) is 11.9. The van der Waals surface area contributed by atoms with E-state index in [9.17, 15) is 9.59 Å². The molecule has 0 unspecified atom stereocenters. The second-order valence-corrected chi connectivity index (χ2v) is 9.58. The molecule has 0 bridgehead atoms. The van der Waals surface area contributed by atoms with Gasteiger partial charge >= 0.3 is 0 Å². The molecule has 5 rings (SSSR count). The van der Waals surface area contributed by atoms with E-state index >= 15 is 0 Å². The third kappa shape index (κ3) is 3.55. The molecule has 6 heteroatoms. The van der Waals surface area contributed by atoms with Gasteiger partial charge in [-0.15, -0.1) is 0 Å². The summed E-state index contributed by atoms with van der Waals surface area (Å²) in [5.74, 6) is -0.147. The van der Waals surface area contributed by atoms with Crippen LogP contribution in [0.3, 0.4) is 0 Å². The van der Waals surface area contributed by atoms with E-state index < -0.39 is 0 Å². The van der Waals surface area contributed by atoms with Crippen molar-refractivity contribution in [2.75, 3.05) is 11.9 Å². The number of benzene rings is 2. The van der Waals surface area contributed by atoms with Crippen molar-refractivity contribution in [1.29, 1.82) is 0 Å². The van der Waals surface area contributed by atoms with Crippen molar-refractivity contribution in [3.05, 3.63) is 75.2 Å². The molecule has 0 spiro atoms. The largest absolute Gasteiger partial charge is 0.339 e. The number of hydrogen-bond donors (Lipinski definition) is 0. The Kier molecular flexibility index (Phi) is 5.53. The number of hydrogen-bond acceptors (Lipinski definition) is 2. The lowest BCUT2D eigenvalue weighted by atomic mass is 9.94. The maximum Gasteiger partial charge on any atom is 0.275 e. The van der Waals surface area contributed by atoms with Crippen molar-refractivity contribution in [2.24, 2.45) is 7.05 Å². The summed E-state index contributed by atoms with van der Waals surface area (Å²) >= 11 is 6.25. The minimum atomic E-state index is -0.147. The summed E-state index contributed by atoms with van der Waals surface area (Å²) in [5.41, 5.74) is 3.79. The monoisotopic (exact) mass is 461 g/mol. The number of aryl methyl sites for hydroxylation is 2. The first kappa shape index (κ1) is 21.8. The van der Waals surface area contributed by atoms with Gasteiger partial charge in [0.15, 0.2) is 0 Å². The van der Waals surface area contributed by atoms with E-state index in [0.29, 0.717) is 16.1 Å². The van der Waals surface area contributed by atoms with E-state index in [-0.39, 0.29) is 17.5 Å². The number of aromatic nitrogens is 2. The van der Waals surface area contributed by atoms with Crippen LogP contribution in [0.25, 0.3) is 21.8 Å². The number of anilines is 1. The van der Waals surface area contributed by atoms with Crippen LogP contribution in [0.15, 0.2) is 53.5 Å². The zero-order valence-electron chi connectivity index (χ0n) is 19.3. The lowest BCUT2D eigenvalue weighted by molar-refractivity contribution is 0.0993. The summed E-state index contributed by atoms with van der Waals surface area (Å²) in [4.78, 5) is 29.4. The van der Waals surface area contributed by atoms with Gasteiger partial charge in [-0.2, -0.15) is 0 Å². The number of nitrogens with zero attached hydrogens (tertiary/aromatic N) is 3. The Labute approximate surface area is 198 Å². The molecule has 0 N–H and O–H groups in total. The third-order valence-corrected chi connectivity index (χ3v) is 7.35. The van der Waals surface area contributed by atoms with Gasteiger partial charge in [-0.05, 0) is 43.5 Å². The van der Waals surface area contributed by atoms with E-state index in [2.05, 4.69) is 0 Å². The van der Waals surface area contributed by atoms with E-state index in [4.69, 9.17) is 11.6 Å². The van der Waals surface area contributed by atoms with Crippen LogP contribution in [0, 0.1) is 6.92 Å². The van der Waals surface area contributed by atoms with Crippen molar-refractivity contribution in [1.82, 2.24) is 9.13 Å². The number of rotatable bonds is 3. The standard InChI is InChI=1S/C27H28ClN3O2/c1-17-13-14-18(28)15-23(17)30(3)26(32)21-16-31(19-9-5-4-6-10-19)27(33)25-24(21)20-11-7-8-12-22(20)29(25)2/h7-8,11-16,19H,4-6,9-10H2,1-3H3. The SMILES string of the molecule is Cc1ccc(Cl)cc1N(C)C(=O)c1cn(C2CCCCC2)c(=O)c2c1c1ccccc1n2C. The Morgan fingerprint density at radius 3 is 2.58 bits per heavy atom. The summed E-state index contributed by atoms with van der Waals surface area (Å²) in [6.45, 7) is 1.96. The van der Waals surface area contributed by atoms with Gasteiger partial charge in [-0.1, -0.05) is 55.1 Å². The molecular weight excluding hydrogens is 434 g/mol. The number of carbonyl (C=O) groups is 1. The van der Waals surface area contributed by atoms with Crippen LogP contribution in [-0.2, 0) is 7.05 Å². The fourth-order valence-electron chi connectivity index (χ4n) is 5.33. The molecule has 1 fully saturated rings. The average Bonchev–Trinajstić information content (AvgIpc) is 3.14. The van der Waals surface area contributed by atoms with Gasteiger partial charge in [0.05, 0.1) is 5.56 Å². The minimum Gasteiger partial charge on any atom is -0.339 e. The summed E-state index contributed by atoms with van der Waals surface area (Å²) < 4.78 is 3.76. The number of carbonyl (C=O) groups excluding carboxylic acids is 1. The number of halogens is 1. The van der Waals surface area contributed by atoms with Crippen molar-refractivity contribution in [3.8, 4) is 0 Å². The summed E-state index contributed by atoms with van der Waals surface area (Å²) in [6, 6.07) is 13.6. The third-order valence-electron chi connectivity index (χ3n) is 7.12. The molecule has 2 aromatic carbocycles. The smallest absolute Gasteiger partial charge is 0.275 e. The quantitative estimate of drug-likeness (QED) is 0.362. The number of fused-ring (bicyclic) bond motifs is 3. The molecule has 170 valence electrons. The van der Waals surface area contributed by atoms with Crippen LogP contribution >= 0.6 is 11.6 Å². The fraction of sp³-hybridized carbons (Fsp3) is 0.333. The highest BCUT2D eigenvalue weighted by Gasteiger charge is 2.27. The molecule has 5 nitrogen and oxygen atoms in total. The Balaban J connectivity index is 1.79. The zero-order valence-corrected chi connectivity index (χ0v) is 20.0. The lowest BCUT2D eigenvalue weighted by Gasteiger charge is -2.26. The topological polar surface area (TPSA) is 47.2 Å². The summed E-state index contributed by atoms with van der Waals surface area (Å²) in [7, 11) is 3.68. The summed E-state index contributed by atoms with van der Waals surface area (Å²) in [5, 5.41) is 2.22. The Bertz CT molecular complexity index is 1440. The molecule has 0 atom stereocenters. The van der Waals surface area contributed by atoms with E-state index in [0.717, 1.165) is 53.2 Å². The molecule has 1 amide bonds. The second kappa shape index (κ2) is 8.38. The molecule has 0 saturated heterocycles. The van der Waals surface area contributed by atoms with Crippen LogP contribution in [0.1, 0.15) is 54.1 Å². The highest BCUT2D eigenvalue weighted by Crippen LogP contribution is 2.34. The van der Waals surface area contributed by atoms with Gasteiger partial charge in [0, 0.05) is 53.3 Å². The highest BCUT2D eigenvalue weighted by atomic mass is 35.5. The van der Waals surface area contributed by atoms with Crippen LogP contribution in [0.2, 0.25) is 5.02 Å². The van der Waals surface area contributed by atoms with E-state index in [1.54, 1.807) is 11.9 Å². The van der Waals surface area contributed by atoms with Crippen LogP contribution in [0.5, 0.6) is 0 Å². The van der Waals surface area contributed by atoms with Gasteiger partial charge in [-0.25, -0.2) is 0 Å². The van der Waals surface area contributed by atoms with Crippen molar-refractivity contribution in [3.63, 3.8) is 0 Å². The first-order valence-electron chi connectivity index (χ1n) is 11.5. The molecule has 0 radical (unpaired) electrons. The molecule has 2 heterocycles.